The second kappa shape index (κ2) is 9.60. The van der Waals surface area contributed by atoms with Crippen LogP contribution in [-0.4, -0.2) is 61.6 Å². The quantitative estimate of drug-likeness (QED) is 0.686. The minimum Gasteiger partial charge on any atom is -0.370 e. The highest BCUT2D eigenvalue weighted by molar-refractivity contribution is 5.97. The predicted octanol–water partition coefficient (Wildman–Crippen LogP) is 2.13. The van der Waals surface area contributed by atoms with Crippen LogP contribution in [0.1, 0.15) is 38.2 Å². The van der Waals surface area contributed by atoms with Gasteiger partial charge in [0.2, 0.25) is 5.91 Å². The number of nitrogens with two attached hydrogens (primary N) is 1. The zero-order valence-corrected chi connectivity index (χ0v) is 16.6. The molecule has 1 aliphatic heterocycles. The van der Waals surface area contributed by atoms with Gasteiger partial charge in [-0.15, -0.1) is 0 Å². The second-order valence-electron chi connectivity index (χ2n) is 7.33. The molecule has 0 bridgehead atoms. The van der Waals surface area contributed by atoms with Crippen LogP contribution < -0.4 is 16.0 Å². The van der Waals surface area contributed by atoms with E-state index in [1.165, 1.54) is 17.0 Å². The summed E-state index contributed by atoms with van der Waals surface area (Å²) >= 11 is 0. The second-order valence-corrected chi connectivity index (χ2v) is 7.33. The molecule has 2 aliphatic rings. The van der Waals surface area contributed by atoms with Gasteiger partial charge in [0.05, 0.1) is 6.61 Å². The molecule has 1 aliphatic carbocycles. The van der Waals surface area contributed by atoms with Crippen molar-refractivity contribution in [3.05, 3.63) is 23.8 Å². The van der Waals surface area contributed by atoms with Crippen LogP contribution in [0.5, 0.6) is 0 Å². The average molecular weight is 410 g/mol. The zero-order chi connectivity index (χ0) is 21.0. The van der Waals surface area contributed by atoms with Gasteiger partial charge in [0, 0.05) is 36.1 Å². The molecule has 160 valence electrons. The Hall–Kier alpha value is -2.10. The Bertz CT molecular complexity index is 742. The summed E-state index contributed by atoms with van der Waals surface area (Å²) < 4.78 is 32.5. The lowest BCUT2D eigenvalue weighted by atomic mass is 9.90. The number of amides is 2. The lowest BCUT2D eigenvalue weighted by Gasteiger charge is -2.41. The molecule has 0 spiro atoms. The Morgan fingerprint density at radius 2 is 2.17 bits per heavy atom. The first-order valence-electron chi connectivity index (χ1n) is 10.0. The molecule has 1 aromatic rings. The molecule has 2 fully saturated rings. The van der Waals surface area contributed by atoms with E-state index in [-0.39, 0.29) is 30.3 Å². The van der Waals surface area contributed by atoms with Crippen molar-refractivity contribution in [1.29, 1.82) is 0 Å². The van der Waals surface area contributed by atoms with Crippen molar-refractivity contribution in [3.8, 4) is 0 Å². The Morgan fingerprint density at radius 3 is 2.72 bits per heavy atom. The molecule has 29 heavy (non-hydrogen) atoms. The number of alkyl halides is 2. The minimum atomic E-state index is -2.80. The first kappa shape index (κ1) is 21.6. The van der Waals surface area contributed by atoms with Crippen LogP contribution in [0.15, 0.2) is 18.2 Å². The monoisotopic (exact) mass is 410 g/mol. The van der Waals surface area contributed by atoms with E-state index in [1.54, 1.807) is 6.07 Å². The van der Waals surface area contributed by atoms with E-state index in [4.69, 9.17) is 10.5 Å². The van der Waals surface area contributed by atoms with Gasteiger partial charge in [-0.2, -0.15) is 0 Å². The number of anilines is 2. The first-order valence-corrected chi connectivity index (χ1v) is 10.0. The van der Waals surface area contributed by atoms with E-state index in [0.717, 1.165) is 19.3 Å². The summed E-state index contributed by atoms with van der Waals surface area (Å²) in [5.74, 6) is -0.672. The van der Waals surface area contributed by atoms with Crippen LogP contribution in [0, 0.1) is 0 Å². The maximum Gasteiger partial charge on any atom is 0.265 e. The Balaban J connectivity index is 1.79. The van der Waals surface area contributed by atoms with Gasteiger partial charge in [0.1, 0.15) is 12.6 Å². The summed E-state index contributed by atoms with van der Waals surface area (Å²) in [5, 5.41) is 2.63. The number of halogens is 2. The van der Waals surface area contributed by atoms with Crippen molar-refractivity contribution in [3.63, 3.8) is 0 Å². The van der Waals surface area contributed by atoms with Crippen LogP contribution in [0.25, 0.3) is 0 Å². The number of rotatable bonds is 8. The molecule has 3 rings (SSSR count). The topological polar surface area (TPSA) is 87.9 Å². The SMILES string of the molecule is CCN(C1CCC1)[C@H](CN)C(=O)Nc1ccc(N2CCOCC2=O)cc1C(F)F. The highest BCUT2D eigenvalue weighted by Crippen LogP contribution is 2.32. The number of nitrogens with one attached hydrogen (secondary N) is 1. The van der Waals surface area contributed by atoms with Gasteiger partial charge in [-0.05, 0) is 37.6 Å². The number of carbonyl (C=O) groups is 2. The summed E-state index contributed by atoms with van der Waals surface area (Å²) in [4.78, 5) is 28.3. The predicted molar refractivity (Wildman–Crippen MR) is 106 cm³/mol. The Labute approximate surface area is 169 Å². The van der Waals surface area contributed by atoms with E-state index in [2.05, 4.69) is 5.32 Å². The van der Waals surface area contributed by atoms with E-state index < -0.39 is 18.4 Å². The molecule has 3 N–H and O–H groups in total. The summed E-state index contributed by atoms with van der Waals surface area (Å²) in [6.07, 6.45) is 0.355. The smallest absolute Gasteiger partial charge is 0.265 e. The van der Waals surface area contributed by atoms with E-state index in [1.807, 2.05) is 11.8 Å². The molecular formula is C20H28F2N4O3. The van der Waals surface area contributed by atoms with E-state index >= 15 is 0 Å². The molecule has 7 nitrogen and oxygen atoms in total. The van der Waals surface area contributed by atoms with Gasteiger partial charge in [-0.25, -0.2) is 8.78 Å². The molecule has 0 radical (unpaired) electrons. The molecule has 0 unspecified atom stereocenters. The molecule has 1 atom stereocenters. The van der Waals surface area contributed by atoms with E-state index in [9.17, 15) is 18.4 Å². The fourth-order valence-electron chi connectivity index (χ4n) is 3.86. The van der Waals surface area contributed by atoms with Gasteiger partial charge in [-0.1, -0.05) is 13.3 Å². The molecule has 2 amide bonds. The highest BCUT2D eigenvalue weighted by atomic mass is 19.3. The summed E-state index contributed by atoms with van der Waals surface area (Å²) in [6, 6.07) is 3.97. The van der Waals surface area contributed by atoms with Crippen molar-refractivity contribution in [2.75, 3.05) is 43.1 Å². The van der Waals surface area contributed by atoms with Crippen molar-refractivity contribution in [2.45, 2.75) is 44.7 Å². The molecular weight excluding hydrogens is 382 g/mol. The fraction of sp³-hybridized carbons (Fsp3) is 0.600. The summed E-state index contributed by atoms with van der Waals surface area (Å²) in [6.45, 7) is 3.32. The normalized spacial score (nSPS) is 18.8. The number of benzene rings is 1. The molecule has 9 heteroatoms. The largest absolute Gasteiger partial charge is 0.370 e. The minimum absolute atomic E-state index is 0.0394. The third-order valence-corrected chi connectivity index (χ3v) is 5.66. The van der Waals surface area contributed by atoms with Crippen LogP contribution in [0.3, 0.4) is 0 Å². The number of carbonyl (C=O) groups excluding carboxylic acids is 2. The number of morpholine rings is 1. The molecule has 0 aromatic heterocycles. The summed E-state index contributed by atoms with van der Waals surface area (Å²) in [5.41, 5.74) is 5.93. The lowest BCUT2D eigenvalue weighted by Crippen LogP contribution is -2.54. The van der Waals surface area contributed by atoms with Crippen molar-refractivity contribution in [1.82, 2.24) is 4.90 Å². The standard InChI is InChI=1S/C20H28F2N4O3/c1-2-25(13-4-3-5-13)17(11-23)20(28)24-16-7-6-14(10-15(16)19(21)22)26-8-9-29-12-18(26)27/h6-7,10,13,17,19H,2-5,8-9,11-12,23H2,1H3,(H,24,28)/t17-/m1/s1. The third kappa shape index (κ3) is 4.73. The fourth-order valence-corrected chi connectivity index (χ4v) is 3.86. The molecule has 1 saturated heterocycles. The number of hydrogen-bond acceptors (Lipinski definition) is 5. The number of ether oxygens (including phenoxy) is 1. The van der Waals surface area contributed by atoms with Crippen LogP contribution in [-0.2, 0) is 14.3 Å². The number of hydrogen-bond donors (Lipinski definition) is 2. The van der Waals surface area contributed by atoms with Crippen molar-refractivity contribution < 1.29 is 23.1 Å². The Kier molecular flexibility index (Phi) is 7.15. The zero-order valence-electron chi connectivity index (χ0n) is 16.6. The van der Waals surface area contributed by atoms with Gasteiger partial charge in [0.25, 0.3) is 12.3 Å². The molecule has 1 heterocycles. The van der Waals surface area contributed by atoms with Gasteiger partial charge in [-0.3, -0.25) is 14.5 Å². The Morgan fingerprint density at radius 1 is 1.41 bits per heavy atom. The number of nitrogens with zero attached hydrogens (tertiary/aromatic N) is 2. The van der Waals surface area contributed by atoms with Crippen molar-refractivity contribution >= 4 is 23.2 Å². The molecule has 1 aromatic carbocycles. The number of likely N-dealkylation sites (N-methyl/N-ethyl adjacent to an activating group) is 1. The van der Waals surface area contributed by atoms with Crippen LogP contribution in [0.2, 0.25) is 0 Å². The maximum absolute atomic E-state index is 13.7. The van der Waals surface area contributed by atoms with Gasteiger partial charge < -0.3 is 20.7 Å². The molecule has 1 saturated carbocycles. The van der Waals surface area contributed by atoms with E-state index in [0.29, 0.717) is 31.4 Å². The first-order chi connectivity index (χ1) is 14.0. The van der Waals surface area contributed by atoms with Crippen LogP contribution in [0.4, 0.5) is 20.2 Å². The lowest BCUT2D eigenvalue weighted by molar-refractivity contribution is -0.125. The highest BCUT2D eigenvalue weighted by Gasteiger charge is 2.33. The van der Waals surface area contributed by atoms with Crippen LogP contribution >= 0.6 is 0 Å². The summed E-state index contributed by atoms with van der Waals surface area (Å²) in [7, 11) is 0. The van der Waals surface area contributed by atoms with Crippen molar-refractivity contribution in [2.24, 2.45) is 5.73 Å². The van der Waals surface area contributed by atoms with Gasteiger partial charge >= 0.3 is 0 Å². The maximum atomic E-state index is 13.7. The van der Waals surface area contributed by atoms with Gasteiger partial charge in [0.15, 0.2) is 0 Å². The average Bonchev–Trinajstić information content (AvgIpc) is 2.67. The third-order valence-electron chi connectivity index (χ3n) is 5.66.